The van der Waals surface area contributed by atoms with Crippen LogP contribution in [0, 0.1) is 5.82 Å². The van der Waals surface area contributed by atoms with Gasteiger partial charge in [-0.15, -0.1) is 0 Å². The molecule has 0 atom stereocenters. The first-order valence-corrected chi connectivity index (χ1v) is 7.03. The molecule has 2 aromatic rings. The van der Waals surface area contributed by atoms with E-state index in [0.717, 1.165) is 0 Å². The molecular formula is C16H8Cl2FNO2. The summed E-state index contributed by atoms with van der Waals surface area (Å²) in [6.45, 7) is 0. The van der Waals surface area contributed by atoms with E-state index in [9.17, 15) is 9.18 Å². The van der Waals surface area contributed by atoms with E-state index < -0.39 is 11.8 Å². The Balaban J connectivity index is 2.02. The van der Waals surface area contributed by atoms with E-state index in [2.05, 4.69) is 4.99 Å². The molecule has 22 heavy (non-hydrogen) atoms. The van der Waals surface area contributed by atoms with Gasteiger partial charge in [0, 0.05) is 21.2 Å². The van der Waals surface area contributed by atoms with Gasteiger partial charge in [0.05, 0.1) is 0 Å². The van der Waals surface area contributed by atoms with Crippen molar-refractivity contribution in [2.75, 3.05) is 0 Å². The number of hydrogen-bond acceptors (Lipinski definition) is 3. The summed E-state index contributed by atoms with van der Waals surface area (Å²) >= 11 is 12.1. The number of carbonyl (C=O) groups excluding carboxylic acids is 1. The fourth-order valence-electron chi connectivity index (χ4n) is 1.94. The van der Waals surface area contributed by atoms with Gasteiger partial charge in [-0.3, -0.25) is 0 Å². The van der Waals surface area contributed by atoms with Crippen molar-refractivity contribution in [1.29, 1.82) is 0 Å². The highest BCUT2D eigenvalue weighted by Crippen LogP contribution is 2.28. The van der Waals surface area contributed by atoms with Crippen LogP contribution in [0.1, 0.15) is 11.1 Å². The fraction of sp³-hybridized carbons (Fsp3) is 0. The zero-order chi connectivity index (χ0) is 15.7. The molecule has 0 aromatic heterocycles. The third-order valence-electron chi connectivity index (χ3n) is 2.97. The zero-order valence-corrected chi connectivity index (χ0v) is 12.5. The van der Waals surface area contributed by atoms with Gasteiger partial charge in [0.2, 0.25) is 5.90 Å². The predicted octanol–water partition coefficient (Wildman–Crippen LogP) is 4.48. The lowest BCUT2D eigenvalue weighted by Crippen LogP contribution is -2.05. The number of benzene rings is 2. The maximum atomic E-state index is 13.2. The van der Waals surface area contributed by atoms with E-state index in [4.69, 9.17) is 27.9 Å². The van der Waals surface area contributed by atoms with Crippen LogP contribution in [0.5, 0.6) is 0 Å². The van der Waals surface area contributed by atoms with Crippen LogP contribution in [0.3, 0.4) is 0 Å². The number of carbonyl (C=O) groups is 1. The lowest BCUT2D eigenvalue weighted by molar-refractivity contribution is -0.129. The Kier molecular flexibility index (Phi) is 3.96. The topological polar surface area (TPSA) is 38.7 Å². The molecule has 0 saturated heterocycles. The summed E-state index contributed by atoms with van der Waals surface area (Å²) < 4.78 is 18.3. The van der Waals surface area contributed by atoms with Gasteiger partial charge in [0.15, 0.2) is 5.70 Å². The van der Waals surface area contributed by atoms with Crippen LogP contribution in [0.2, 0.25) is 10.0 Å². The first kappa shape index (κ1) is 14.8. The van der Waals surface area contributed by atoms with E-state index >= 15 is 0 Å². The Bertz CT molecular complexity index is 810. The normalized spacial score (nSPS) is 15.9. The van der Waals surface area contributed by atoms with Crippen molar-refractivity contribution in [2.45, 2.75) is 0 Å². The van der Waals surface area contributed by atoms with Crippen molar-refractivity contribution in [3.8, 4) is 0 Å². The summed E-state index contributed by atoms with van der Waals surface area (Å²) in [7, 11) is 0. The minimum Gasteiger partial charge on any atom is -0.402 e. The molecule has 0 bridgehead atoms. The minimum atomic E-state index is -0.643. The quantitative estimate of drug-likeness (QED) is 0.599. The van der Waals surface area contributed by atoms with Gasteiger partial charge in [-0.05, 0) is 36.4 Å². The number of rotatable bonds is 2. The maximum absolute atomic E-state index is 13.2. The Morgan fingerprint density at radius 3 is 2.45 bits per heavy atom. The molecule has 0 aliphatic carbocycles. The molecule has 1 heterocycles. The van der Waals surface area contributed by atoms with Crippen LogP contribution in [0.4, 0.5) is 4.39 Å². The molecule has 110 valence electrons. The average Bonchev–Trinajstić information content (AvgIpc) is 2.84. The Labute approximate surface area is 135 Å². The molecule has 1 aliphatic rings. The summed E-state index contributed by atoms with van der Waals surface area (Å²) in [5.74, 6) is -1.04. The van der Waals surface area contributed by atoms with Crippen molar-refractivity contribution in [3.05, 3.63) is 75.2 Å². The monoisotopic (exact) mass is 335 g/mol. The maximum Gasteiger partial charge on any atom is 0.363 e. The van der Waals surface area contributed by atoms with Crippen molar-refractivity contribution >= 4 is 41.1 Å². The van der Waals surface area contributed by atoms with Crippen molar-refractivity contribution in [2.24, 2.45) is 4.99 Å². The summed E-state index contributed by atoms with van der Waals surface area (Å²) in [6.07, 6.45) is 1.44. The van der Waals surface area contributed by atoms with Crippen LogP contribution in [-0.2, 0) is 9.53 Å². The molecule has 0 fully saturated rings. The SMILES string of the molecule is O=C1OC(c2cccc(F)c2)=NC1=Cc1c(Cl)cccc1Cl. The van der Waals surface area contributed by atoms with E-state index in [0.29, 0.717) is 21.2 Å². The molecule has 0 amide bonds. The Morgan fingerprint density at radius 1 is 1.09 bits per heavy atom. The second-order valence-electron chi connectivity index (χ2n) is 4.48. The molecule has 0 radical (unpaired) electrons. The van der Waals surface area contributed by atoms with Crippen LogP contribution in [-0.4, -0.2) is 11.9 Å². The Hall–Kier alpha value is -2.17. The van der Waals surface area contributed by atoms with E-state index in [-0.39, 0.29) is 11.6 Å². The van der Waals surface area contributed by atoms with E-state index in [1.54, 1.807) is 24.3 Å². The molecule has 0 N–H and O–H groups in total. The zero-order valence-electron chi connectivity index (χ0n) is 11.0. The first-order chi connectivity index (χ1) is 10.5. The van der Waals surface area contributed by atoms with Crippen LogP contribution in [0.15, 0.2) is 53.2 Å². The standard InChI is InChI=1S/C16H8Cl2FNO2/c17-12-5-2-6-13(18)11(12)8-14-16(21)22-15(20-14)9-3-1-4-10(19)7-9/h1-8H. The summed E-state index contributed by atoms with van der Waals surface area (Å²) in [4.78, 5) is 16.0. The van der Waals surface area contributed by atoms with Gasteiger partial charge in [0.1, 0.15) is 5.82 Å². The minimum absolute atomic E-state index is 0.0407. The van der Waals surface area contributed by atoms with Crippen molar-refractivity contribution in [1.82, 2.24) is 0 Å². The fourth-order valence-corrected chi connectivity index (χ4v) is 2.45. The lowest BCUT2D eigenvalue weighted by atomic mass is 10.2. The number of ether oxygens (including phenoxy) is 1. The molecule has 0 spiro atoms. The summed E-state index contributed by atoms with van der Waals surface area (Å²) in [5, 5.41) is 0.782. The van der Waals surface area contributed by atoms with Crippen LogP contribution in [0.25, 0.3) is 6.08 Å². The number of cyclic esters (lactones) is 1. The number of esters is 1. The van der Waals surface area contributed by atoms with Crippen molar-refractivity contribution < 1.29 is 13.9 Å². The molecular weight excluding hydrogens is 328 g/mol. The third kappa shape index (κ3) is 2.89. The summed E-state index contributed by atoms with van der Waals surface area (Å²) in [6, 6.07) is 10.6. The van der Waals surface area contributed by atoms with Crippen LogP contribution >= 0.6 is 23.2 Å². The molecule has 0 saturated carbocycles. The van der Waals surface area contributed by atoms with Gasteiger partial charge < -0.3 is 4.74 Å². The molecule has 0 unspecified atom stereocenters. The van der Waals surface area contributed by atoms with E-state index in [1.165, 1.54) is 24.3 Å². The van der Waals surface area contributed by atoms with Crippen molar-refractivity contribution in [3.63, 3.8) is 0 Å². The number of hydrogen-bond donors (Lipinski definition) is 0. The highest BCUT2D eigenvalue weighted by Gasteiger charge is 2.25. The van der Waals surface area contributed by atoms with Gasteiger partial charge in [-0.25, -0.2) is 14.2 Å². The van der Waals surface area contributed by atoms with Gasteiger partial charge >= 0.3 is 5.97 Å². The lowest BCUT2D eigenvalue weighted by Gasteiger charge is -2.00. The summed E-state index contributed by atoms with van der Waals surface area (Å²) in [5.41, 5.74) is 0.901. The van der Waals surface area contributed by atoms with Crippen LogP contribution < -0.4 is 0 Å². The molecule has 2 aromatic carbocycles. The van der Waals surface area contributed by atoms with Gasteiger partial charge in [0.25, 0.3) is 0 Å². The number of aliphatic imine (C=N–C) groups is 1. The highest BCUT2D eigenvalue weighted by molar-refractivity contribution is 6.37. The largest absolute Gasteiger partial charge is 0.402 e. The first-order valence-electron chi connectivity index (χ1n) is 6.27. The molecule has 1 aliphatic heterocycles. The Morgan fingerprint density at radius 2 is 1.77 bits per heavy atom. The average molecular weight is 336 g/mol. The number of nitrogens with zero attached hydrogens (tertiary/aromatic N) is 1. The second kappa shape index (κ2) is 5.91. The van der Waals surface area contributed by atoms with Gasteiger partial charge in [-0.2, -0.15) is 0 Å². The molecule has 3 nitrogen and oxygen atoms in total. The smallest absolute Gasteiger partial charge is 0.363 e. The second-order valence-corrected chi connectivity index (χ2v) is 5.30. The van der Waals surface area contributed by atoms with E-state index in [1.807, 2.05) is 0 Å². The third-order valence-corrected chi connectivity index (χ3v) is 3.63. The highest BCUT2D eigenvalue weighted by atomic mass is 35.5. The molecule has 3 rings (SSSR count). The predicted molar refractivity (Wildman–Crippen MR) is 83.5 cm³/mol. The number of halogens is 3. The van der Waals surface area contributed by atoms with Gasteiger partial charge in [-0.1, -0.05) is 35.3 Å². The molecule has 6 heteroatoms.